The zero-order chi connectivity index (χ0) is 11.4. The molecular weight excluding hydrogens is 202 g/mol. The maximum absolute atomic E-state index is 10.3. The highest BCUT2D eigenvalue weighted by molar-refractivity contribution is 5.75. The summed E-state index contributed by atoms with van der Waals surface area (Å²) in [4.78, 5) is 10.3. The first-order valence-corrected chi connectivity index (χ1v) is 4.79. The molecule has 1 radical (unpaired) electrons. The lowest BCUT2D eigenvalue weighted by molar-refractivity contribution is 0.482. The molecule has 0 aliphatic carbocycles. The second kappa shape index (κ2) is 4.49. The van der Waals surface area contributed by atoms with E-state index in [1.807, 2.05) is 0 Å². The quantitative estimate of drug-likeness (QED) is 0.795. The lowest BCUT2D eigenvalue weighted by Crippen LogP contribution is -1.87. The molecule has 0 aliphatic heterocycles. The van der Waals surface area contributed by atoms with E-state index in [9.17, 15) is 4.79 Å². The van der Waals surface area contributed by atoms with Gasteiger partial charge in [-0.15, -0.1) is 0 Å². The Bertz CT molecular complexity index is 474. The predicted octanol–water partition coefficient (Wildman–Crippen LogP) is 2.52. The van der Waals surface area contributed by atoms with Crippen LogP contribution in [0.25, 0.3) is 0 Å². The monoisotopic (exact) mass is 212 g/mol. The summed E-state index contributed by atoms with van der Waals surface area (Å²) in [5.41, 5.74) is 6.76. The third-order valence-electron chi connectivity index (χ3n) is 2.09. The van der Waals surface area contributed by atoms with Crippen molar-refractivity contribution in [3.8, 4) is 11.5 Å². The molecule has 2 aromatic rings. The minimum atomic E-state index is 0.504. The van der Waals surface area contributed by atoms with Crippen molar-refractivity contribution >= 4 is 12.0 Å². The molecule has 3 heteroatoms. The zero-order valence-electron chi connectivity index (χ0n) is 8.51. The van der Waals surface area contributed by atoms with Gasteiger partial charge in [0.15, 0.2) is 0 Å². The highest BCUT2D eigenvalue weighted by Gasteiger charge is 1.97. The van der Waals surface area contributed by atoms with E-state index in [-0.39, 0.29) is 0 Å². The molecule has 79 valence electrons. The van der Waals surface area contributed by atoms with Crippen LogP contribution in [0.3, 0.4) is 0 Å². The van der Waals surface area contributed by atoms with Crippen LogP contribution in [0, 0.1) is 0 Å². The van der Waals surface area contributed by atoms with Crippen LogP contribution in [0.5, 0.6) is 11.5 Å². The van der Waals surface area contributed by atoms with E-state index in [0.717, 1.165) is 0 Å². The first-order chi connectivity index (χ1) is 7.78. The van der Waals surface area contributed by atoms with Crippen LogP contribution in [-0.2, 0) is 4.79 Å². The van der Waals surface area contributed by atoms with Gasteiger partial charge in [-0.2, -0.15) is 0 Å². The second-order valence-corrected chi connectivity index (χ2v) is 3.30. The third kappa shape index (κ3) is 2.39. The minimum Gasteiger partial charge on any atom is -0.457 e. The second-order valence-electron chi connectivity index (χ2n) is 3.30. The standard InChI is InChI=1S/C13H10NO2/c14-11-3-7-13(8-4-11)16-12-5-1-10(9-15)2-6-12/h1-8H,14H2. The number of rotatable bonds is 3. The number of carbonyl (C=O) groups excluding carboxylic acids is 1. The predicted molar refractivity (Wildman–Crippen MR) is 62.2 cm³/mol. The Hall–Kier alpha value is -2.29. The highest BCUT2D eigenvalue weighted by atomic mass is 16.5. The molecule has 0 fully saturated rings. The number of nitrogen functional groups attached to an aromatic ring is 1. The van der Waals surface area contributed by atoms with Crippen molar-refractivity contribution in [1.82, 2.24) is 0 Å². The lowest BCUT2D eigenvalue weighted by atomic mass is 10.2. The van der Waals surface area contributed by atoms with Crippen LogP contribution in [0.2, 0.25) is 0 Å². The molecule has 2 N–H and O–H groups in total. The summed E-state index contributed by atoms with van der Waals surface area (Å²) in [6.07, 6.45) is 1.80. The molecule has 0 spiro atoms. The van der Waals surface area contributed by atoms with Gasteiger partial charge in [-0.3, -0.25) is 4.79 Å². The molecule has 0 saturated heterocycles. The van der Waals surface area contributed by atoms with Crippen molar-refractivity contribution in [3.05, 3.63) is 54.1 Å². The number of hydrogen-bond donors (Lipinski definition) is 1. The average Bonchev–Trinajstić information content (AvgIpc) is 2.33. The molecule has 0 aliphatic rings. The number of ether oxygens (including phenoxy) is 1. The van der Waals surface area contributed by atoms with Gasteiger partial charge in [0, 0.05) is 11.3 Å². The van der Waals surface area contributed by atoms with Gasteiger partial charge in [-0.05, 0) is 48.5 Å². The molecule has 0 amide bonds. The average molecular weight is 212 g/mol. The van der Waals surface area contributed by atoms with E-state index in [0.29, 0.717) is 22.7 Å². The number of nitrogens with two attached hydrogens (primary N) is 1. The Balaban J connectivity index is 2.14. The van der Waals surface area contributed by atoms with Gasteiger partial charge >= 0.3 is 0 Å². The van der Waals surface area contributed by atoms with Crippen molar-refractivity contribution in [2.45, 2.75) is 0 Å². The molecule has 0 unspecified atom stereocenters. The fourth-order valence-electron chi connectivity index (χ4n) is 1.26. The molecule has 0 aromatic heterocycles. The molecule has 3 nitrogen and oxygen atoms in total. The smallest absolute Gasteiger partial charge is 0.233 e. The maximum atomic E-state index is 10.3. The van der Waals surface area contributed by atoms with Crippen molar-refractivity contribution in [2.75, 3.05) is 5.73 Å². The number of anilines is 1. The van der Waals surface area contributed by atoms with Gasteiger partial charge in [-0.1, -0.05) is 0 Å². The molecule has 0 heterocycles. The van der Waals surface area contributed by atoms with Crippen molar-refractivity contribution in [1.29, 1.82) is 0 Å². The van der Waals surface area contributed by atoms with Gasteiger partial charge < -0.3 is 10.5 Å². The zero-order valence-corrected chi connectivity index (χ0v) is 8.51. The van der Waals surface area contributed by atoms with Gasteiger partial charge in [-0.25, -0.2) is 0 Å². The largest absolute Gasteiger partial charge is 0.457 e. The molecule has 2 rings (SSSR count). The SMILES string of the molecule is Nc1ccc(Oc2ccc([C]=O)cc2)cc1. The van der Waals surface area contributed by atoms with E-state index in [4.69, 9.17) is 10.5 Å². The summed E-state index contributed by atoms with van der Waals surface area (Å²) in [7, 11) is 0. The summed E-state index contributed by atoms with van der Waals surface area (Å²) in [5, 5.41) is 0. The van der Waals surface area contributed by atoms with E-state index >= 15 is 0 Å². The van der Waals surface area contributed by atoms with E-state index in [2.05, 4.69) is 0 Å². The van der Waals surface area contributed by atoms with Crippen LogP contribution >= 0.6 is 0 Å². The molecular formula is C13H10NO2. The summed E-state index contributed by atoms with van der Waals surface area (Å²) in [6, 6.07) is 13.8. The fourth-order valence-corrected chi connectivity index (χ4v) is 1.26. The minimum absolute atomic E-state index is 0.504. The number of hydrogen-bond acceptors (Lipinski definition) is 3. The number of benzene rings is 2. The molecule has 0 saturated carbocycles. The van der Waals surface area contributed by atoms with Gasteiger partial charge in [0.05, 0.1) is 0 Å². The van der Waals surface area contributed by atoms with Crippen molar-refractivity contribution in [3.63, 3.8) is 0 Å². The van der Waals surface area contributed by atoms with Crippen LogP contribution in [0.4, 0.5) is 5.69 Å². The fraction of sp³-hybridized carbons (Fsp3) is 0. The molecule has 2 aromatic carbocycles. The van der Waals surface area contributed by atoms with E-state index in [1.54, 1.807) is 54.8 Å². The Morgan fingerprint density at radius 3 is 1.88 bits per heavy atom. The van der Waals surface area contributed by atoms with Crippen molar-refractivity contribution < 1.29 is 9.53 Å². The van der Waals surface area contributed by atoms with Crippen LogP contribution in [-0.4, -0.2) is 6.29 Å². The third-order valence-corrected chi connectivity index (χ3v) is 2.09. The summed E-state index contributed by atoms with van der Waals surface area (Å²) in [5.74, 6) is 1.38. The Labute approximate surface area is 93.5 Å². The summed E-state index contributed by atoms with van der Waals surface area (Å²) >= 11 is 0. The van der Waals surface area contributed by atoms with Crippen LogP contribution in [0.15, 0.2) is 48.5 Å². The van der Waals surface area contributed by atoms with Crippen LogP contribution < -0.4 is 10.5 Å². The van der Waals surface area contributed by atoms with Gasteiger partial charge in [0.25, 0.3) is 0 Å². The lowest BCUT2D eigenvalue weighted by Gasteiger charge is -2.05. The highest BCUT2D eigenvalue weighted by Crippen LogP contribution is 2.22. The Morgan fingerprint density at radius 2 is 1.38 bits per heavy atom. The van der Waals surface area contributed by atoms with Gasteiger partial charge in [0.1, 0.15) is 11.5 Å². The van der Waals surface area contributed by atoms with Crippen LogP contribution in [0.1, 0.15) is 5.56 Å². The Kier molecular flexibility index (Phi) is 2.87. The summed E-state index contributed by atoms with van der Waals surface area (Å²) < 4.78 is 5.55. The maximum Gasteiger partial charge on any atom is 0.233 e. The molecule has 0 atom stereocenters. The van der Waals surface area contributed by atoms with Gasteiger partial charge in [0.2, 0.25) is 6.29 Å². The van der Waals surface area contributed by atoms with E-state index in [1.165, 1.54) is 0 Å². The summed E-state index contributed by atoms with van der Waals surface area (Å²) in [6.45, 7) is 0. The van der Waals surface area contributed by atoms with E-state index < -0.39 is 0 Å². The topological polar surface area (TPSA) is 52.3 Å². The van der Waals surface area contributed by atoms with Crippen molar-refractivity contribution in [2.24, 2.45) is 0 Å². The molecule has 0 bridgehead atoms. The Morgan fingerprint density at radius 1 is 0.875 bits per heavy atom. The first-order valence-electron chi connectivity index (χ1n) is 4.79. The normalized spacial score (nSPS) is 9.75. The first kappa shape index (κ1) is 10.2. The molecule has 16 heavy (non-hydrogen) atoms.